The van der Waals surface area contributed by atoms with Crippen LogP contribution in [0, 0.1) is 0 Å². The quantitative estimate of drug-likeness (QED) is 0.603. The molecule has 0 radical (unpaired) electrons. The van der Waals surface area contributed by atoms with Crippen LogP contribution in [0.4, 0.5) is 8.78 Å². The number of Topliss-reactive ketones (excluding diaryl/α,β-unsaturated/α-hetero) is 1. The Bertz CT molecular complexity index is 788. The molecular weight excluding hydrogens is 308 g/mol. The number of halogens is 2. The maximum atomic E-state index is 12.5. The molecule has 0 amide bonds. The highest BCUT2D eigenvalue weighted by Gasteiger charge is 2.15. The Balaban J connectivity index is 2.46. The Morgan fingerprint density at radius 2 is 2.13 bits per heavy atom. The van der Waals surface area contributed by atoms with E-state index < -0.39 is 17.8 Å². The van der Waals surface area contributed by atoms with Gasteiger partial charge in [-0.25, -0.2) is 4.68 Å². The van der Waals surface area contributed by atoms with Gasteiger partial charge in [0.2, 0.25) is 5.43 Å². The summed E-state index contributed by atoms with van der Waals surface area (Å²) in [5.41, 5.74) is -0.659. The van der Waals surface area contributed by atoms with Crippen LogP contribution in [0.5, 0.6) is 5.75 Å². The topological polar surface area (TPSA) is 73.6 Å². The summed E-state index contributed by atoms with van der Waals surface area (Å²) < 4.78 is 30.5. The molecule has 0 unspecified atom stereocenters. The smallest absolute Gasteiger partial charge is 0.387 e. The van der Waals surface area contributed by atoms with Gasteiger partial charge in [-0.2, -0.15) is 13.9 Å². The summed E-state index contributed by atoms with van der Waals surface area (Å²) in [7, 11) is 1.50. The summed E-state index contributed by atoms with van der Waals surface area (Å²) in [5, 5.41) is 3.93. The predicted octanol–water partition coefficient (Wildman–Crippen LogP) is 2.11. The summed E-state index contributed by atoms with van der Waals surface area (Å²) in [6, 6.07) is 7.08. The van der Waals surface area contributed by atoms with E-state index in [1.54, 1.807) is 6.07 Å². The predicted molar refractivity (Wildman–Crippen MR) is 79.8 cm³/mol. The Hall–Kier alpha value is -2.90. The van der Waals surface area contributed by atoms with Crippen LogP contribution in [0.25, 0.3) is 5.69 Å². The highest BCUT2D eigenvalue weighted by atomic mass is 19.3. The first-order valence-corrected chi connectivity index (χ1v) is 6.61. The number of ketones is 1. The van der Waals surface area contributed by atoms with E-state index in [-0.39, 0.29) is 23.6 Å². The van der Waals surface area contributed by atoms with Crippen LogP contribution in [-0.2, 0) is 0 Å². The van der Waals surface area contributed by atoms with Crippen molar-refractivity contribution in [3.8, 4) is 11.4 Å². The lowest BCUT2D eigenvalue weighted by Crippen LogP contribution is -2.21. The summed E-state index contributed by atoms with van der Waals surface area (Å²) in [5.74, 6) is -0.630. The summed E-state index contributed by atoms with van der Waals surface area (Å²) >= 11 is 0. The fourth-order valence-electron chi connectivity index (χ4n) is 1.85. The molecular formula is C15H13F2N3O3. The van der Waals surface area contributed by atoms with Crippen molar-refractivity contribution < 1.29 is 18.3 Å². The van der Waals surface area contributed by atoms with Crippen molar-refractivity contribution in [2.45, 2.75) is 13.0 Å². The number of para-hydroxylation sites is 2. The number of nitrogens with zero attached hydrogens (tertiary/aromatic N) is 3. The van der Waals surface area contributed by atoms with Crippen molar-refractivity contribution in [2.24, 2.45) is 4.99 Å². The van der Waals surface area contributed by atoms with Crippen LogP contribution in [-0.4, -0.2) is 35.4 Å². The molecule has 0 saturated heterocycles. The highest BCUT2D eigenvalue weighted by Crippen LogP contribution is 2.23. The number of alkyl halides is 2. The largest absolute Gasteiger partial charge is 0.433 e. The Morgan fingerprint density at radius 3 is 2.83 bits per heavy atom. The fraction of sp³-hybridized carbons (Fsp3) is 0.200. The van der Waals surface area contributed by atoms with Crippen molar-refractivity contribution in [3.05, 3.63) is 52.4 Å². The maximum Gasteiger partial charge on any atom is 0.387 e. The number of hydrogen-bond donors (Lipinski definition) is 0. The number of carbonyl (C=O) groups is 1. The minimum Gasteiger partial charge on any atom is -0.433 e. The van der Waals surface area contributed by atoms with Gasteiger partial charge in [0.25, 0.3) is 0 Å². The summed E-state index contributed by atoms with van der Waals surface area (Å²) in [6.45, 7) is -3.00. The van der Waals surface area contributed by atoms with Gasteiger partial charge in [-0.1, -0.05) is 12.1 Å². The minimum absolute atomic E-state index is 0.0715. The second-order valence-electron chi connectivity index (χ2n) is 4.39. The molecule has 2 aromatic rings. The molecule has 2 rings (SSSR count). The Kier molecular flexibility index (Phi) is 5.29. The van der Waals surface area contributed by atoms with E-state index in [0.717, 1.165) is 10.7 Å². The van der Waals surface area contributed by atoms with Crippen molar-refractivity contribution in [1.82, 2.24) is 9.78 Å². The molecule has 0 atom stereocenters. The summed E-state index contributed by atoms with van der Waals surface area (Å²) in [6.07, 6.45) is 2.56. The first kappa shape index (κ1) is 16.5. The zero-order valence-electron chi connectivity index (χ0n) is 12.1. The van der Waals surface area contributed by atoms with Crippen molar-refractivity contribution in [3.63, 3.8) is 0 Å². The molecule has 0 spiro atoms. The Morgan fingerprint density at radius 1 is 1.39 bits per heavy atom. The van der Waals surface area contributed by atoms with Gasteiger partial charge in [0.05, 0.1) is 0 Å². The molecule has 23 heavy (non-hydrogen) atoms. The average molecular weight is 321 g/mol. The van der Waals surface area contributed by atoms with Gasteiger partial charge in [0, 0.05) is 31.9 Å². The first-order valence-electron chi connectivity index (χ1n) is 6.61. The number of hydrogen-bond acceptors (Lipinski definition) is 5. The second kappa shape index (κ2) is 7.39. The van der Waals surface area contributed by atoms with Crippen LogP contribution < -0.4 is 10.2 Å². The van der Waals surface area contributed by atoms with Crippen LogP contribution in [0.2, 0.25) is 0 Å². The molecule has 0 aliphatic heterocycles. The van der Waals surface area contributed by atoms with Gasteiger partial charge >= 0.3 is 6.61 Å². The van der Waals surface area contributed by atoms with Crippen molar-refractivity contribution >= 4 is 12.0 Å². The van der Waals surface area contributed by atoms with Crippen LogP contribution >= 0.6 is 0 Å². The van der Waals surface area contributed by atoms with E-state index >= 15 is 0 Å². The van der Waals surface area contributed by atoms with Crippen LogP contribution in [0.15, 0.2) is 46.3 Å². The molecule has 1 aromatic carbocycles. The molecule has 0 saturated carbocycles. The van der Waals surface area contributed by atoms with Crippen molar-refractivity contribution in [1.29, 1.82) is 0 Å². The molecule has 0 aliphatic rings. The molecule has 0 fully saturated rings. The standard InChI is InChI=1S/C15H13F2N3O3/c1-18-8-6-11(21)14-12(22)7-9-20(19-14)10-4-2-3-5-13(10)23-15(16)17/h2-5,7-9,15H,6H2,1H3. The molecule has 1 aromatic heterocycles. The third-order valence-electron chi connectivity index (χ3n) is 2.86. The molecule has 0 bridgehead atoms. The number of carbonyl (C=O) groups excluding carboxylic acids is 1. The van der Waals surface area contributed by atoms with E-state index in [4.69, 9.17) is 0 Å². The SMILES string of the molecule is CN=CCC(=O)c1nn(-c2ccccc2OC(F)F)ccc1=O. The second-order valence-corrected chi connectivity index (χ2v) is 4.39. The number of aliphatic imine (C=N–C) groups is 1. The van der Waals surface area contributed by atoms with Gasteiger partial charge in [-0.15, -0.1) is 0 Å². The fourth-order valence-corrected chi connectivity index (χ4v) is 1.85. The molecule has 0 N–H and O–H groups in total. The monoisotopic (exact) mass is 321 g/mol. The van der Waals surface area contributed by atoms with Crippen molar-refractivity contribution in [2.75, 3.05) is 7.05 Å². The van der Waals surface area contributed by atoms with E-state index in [0.29, 0.717) is 0 Å². The molecule has 6 nitrogen and oxygen atoms in total. The molecule has 1 heterocycles. The van der Waals surface area contributed by atoms with Gasteiger partial charge in [-0.3, -0.25) is 9.59 Å². The third kappa shape index (κ3) is 4.06. The Labute approximate surface area is 130 Å². The van der Waals surface area contributed by atoms with Gasteiger partial charge < -0.3 is 9.73 Å². The number of aromatic nitrogens is 2. The van der Waals surface area contributed by atoms with E-state index in [2.05, 4.69) is 14.8 Å². The van der Waals surface area contributed by atoms with Gasteiger partial charge in [0.15, 0.2) is 17.2 Å². The van der Waals surface area contributed by atoms with Gasteiger partial charge in [0.1, 0.15) is 5.69 Å². The van der Waals surface area contributed by atoms with Gasteiger partial charge in [-0.05, 0) is 12.1 Å². The molecule has 0 aliphatic carbocycles. The number of rotatable bonds is 6. The zero-order chi connectivity index (χ0) is 16.8. The summed E-state index contributed by atoms with van der Waals surface area (Å²) in [4.78, 5) is 27.4. The lowest BCUT2D eigenvalue weighted by Gasteiger charge is -2.12. The van der Waals surface area contributed by atoms with Crippen LogP contribution in [0.1, 0.15) is 16.9 Å². The minimum atomic E-state index is -3.00. The number of ether oxygens (including phenoxy) is 1. The van der Waals surface area contributed by atoms with Crippen LogP contribution in [0.3, 0.4) is 0 Å². The third-order valence-corrected chi connectivity index (χ3v) is 2.86. The molecule has 8 heteroatoms. The lowest BCUT2D eigenvalue weighted by atomic mass is 10.2. The van der Waals surface area contributed by atoms with E-state index in [1.807, 2.05) is 0 Å². The first-order chi connectivity index (χ1) is 11.0. The normalized spacial score (nSPS) is 11.1. The highest BCUT2D eigenvalue weighted by molar-refractivity contribution is 6.02. The molecule has 120 valence electrons. The average Bonchev–Trinajstić information content (AvgIpc) is 2.53. The van der Waals surface area contributed by atoms with E-state index in [9.17, 15) is 18.4 Å². The number of benzene rings is 1. The maximum absolute atomic E-state index is 12.5. The zero-order valence-corrected chi connectivity index (χ0v) is 12.1. The lowest BCUT2D eigenvalue weighted by molar-refractivity contribution is -0.0499. The van der Waals surface area contributed by atoms with E-state index in [1.165, 1.54) is 37.7 Å².